The van der Waals surface area contributed by atoms with Crippen molar-refractivity contribution in [2.24, 2.45) is 0 Å². The van der Waals surface area contributed by atoms with Gasteiger partial charge in [0.2, 0.25) is 0 Å². The van der Waals surface area contributed by atoms with Gasteiger partial charge in [-0.05, 0) is 32.0 Å². The number of hydrogen-bond donors (Lipinski definition) is 1. The van der Waals surface area contributed by atoms with Crippen molar-refractivity contribution in [2.45, 2.75) is 26.9 Å². The first-order chi connectivity index (χ1) is 7.25. The molecule has 80 valence electrons. The fraction of sp³-hybridized carbons (Fsp3) is 0.333. The zero-order valence-corrected chi connectivity index (χ0v) is 9.86. The second kappa shape index (κ2) is 4.64. The van der Waals surface area contributed by atoms with Crippen LogP contribution in [0.15, 0.2) is 28.9 Å². The Kier molecular flexibility index (Phi) is 3.23. The Bertz CT molecular complexity index is 430. The highest BCUT2D eigenvalue weighted by Crippen LogP contribution is 2.15. The van der Waals surface area contributed by atoms with Crippen molar-refractivity contribution in [2.75, 3.05) is 0 Å². The topological polar surface area (TPSA) is 25.2 Å². The highest BCUT2D eigenvalue weighted by molar-refractivity contribution is 7.11. The van der Waals surface area contributed by atoms with E-state index in [1.807, 2.05) is 24.3 Å². The van der Waals surface area contributed by atoms with Crippen molar-refractivity contribution in [3.63, 3.8) is 0 Å². The zero-order valence-electron chi connectivity index (χ0n) is 9.04. The van der Waals surface area contributed by atoms with Crippen LogP contribution in [0.1, 0.15) is 21.1 Å². The lowest BCUT2D eigenvalue weighted by Gasteiger charge is -2.01. The van der Waals surface area contributed by atoms with Crippen LogP contribution in [0.5, 0.6) is 0 Å². The maximum Gasteiger partial charge on any atom is 0.105 e. The van der Waals surface area contributed by atoms with Crippen LogP contribution in [0.25, 0.3) is 0 Å². The van der Waals surface area contributed by atoms with E-state index in [0.29, 0.717) is 0 Å². The van der Waals surface area contributed by atoms with E-state index in [1.54, 1.807) is 6.26 Å². The number of aryl methyl sites for hydroxylation is 2. The van der Waals surface area contributed by atoms with Gasteiger partial charge in [-0.15, -0.1) is 11.3 Å². The van der Waals surface area contributed by atoms with Gasteiger partial charge in [0, 0.05) is 28.4 Å². The first kappa shape index (κ1) is 10.5. The minimum Gasteiger partial charge on any atom is -0.469 e. The molecule has 0 amide bonds. The van der Waals surface area contributed by atoms with E-state index in [1.165, 1.54) is 15.3 Å². The van der Waals surface area contributed by atoms with Gasteiger partial charge in [-0.1, -0.05) is 0 Å². The van der Waals surface area contributed by atoms with E-state index >= 15 is 0 Å². The van der Waals surface area contributed by atoms with Gasteiger partial charge in [0.1, 0.15) is 5.76 Å². The third-order valence-corrected chi connectivity index (χ3v) is 3.38. The lowest BCUT2D eigenvalue weighted by Crippen LogP contribution is -2.11. The minimum absolute atomic E-state index is 0.874. The van der Waals surface area contributed by atoms with Crippen LogP contribution in [0.4, 0.5) is 0 Å². The van der Waals surface area contributed by atoms with Gasteiger partial charge in [-0.3, -0.25) is 0 Å². The molecular formula is C12H15NOS. The molecular weight excluding hydrogens is 206 g/mol. The van der Waals surface area contributed by atoms with E-state index in [9.17, 15) is 0 Å². The molecule has 15 heavy (non-hydrogen) atoms. The number of nitrogens with one attached hydrogen (secondary N) is 1. The van der Waals surface area contributed by atoms with Gasteiger partial charge in [-0.25, -0.2) is 0 Å². The van der Waals surface area contributed by atoms with Gasteiger partial charge in [-0.2, -0.15) is 0 Å². The Hall–Kier alpha value is -1.06. The molecule has 0 aromatic carbocycles. The molecule has 0 aliphatic carbocycles. The van der Waals surface area contributed by atoms with Gasteiger partial charge in [0.25, 0.3) is 0 Å². The predicted octanol–water partition coefficient (Wildman–Crippen LogP) is 3.25. The fourth-order valence-corrected chi connectivity index (χ4v) is 2.36. The van der Waals surface area contributed by atoms with Crippen molar-refractivity contribution in [3.05, 3.63) is 45.5 Å². The highest BCUT2D eigenvalue weighted by Gasteiger charge is 2.01. The molecule has 0 radical (unpaired) electrons. The molecule has 2 aromatic heterocycles. The third kappa shape index (κ3) is 2.70. The standard InChI is InChI=1S/C12H15NOS/c1-9-3-4-12(15-9)8-13-7-11-5-6-14-10(11)2/h3-6,13H,7-8H2,1-2H3. The molecule has 1 N–H and O–H groups in total. The number of rotatable bonds is 4. The van der Waals surface area contributed by atoms with Crippen LogP contribution in [-0.4, -0.2) is 0 Å². The molecule has 0 fully saturated rings. The summed E-state index contributed by atoms with van der Waals surface area (Å²) in [5, 5.41) is 3.41. The molecule has 0 aliphatic rings. The molecule has 0 atom stereocenters. The van der Waals surface area contributed by atoms with Crippen LogP contribution in [0.3, 0.4) is 0 Å². The van der Waals surface area contributed by atoms with Crippen LogP contribution in [-0.2, 0) is 13.1 Å². The normalized spacial score (nSPS) is 10.8. The molecule has 3 heteroatoms. The Morgan fingerprint density at radius 2 is 2.07 bits per heavy atom. The Morgan fingerprint density at radius 3 is 2.67 bits per heavy atom. The first-order valence-electron chi connectivity index (χ1n) is 5.04. The van der Waals surface area contributed by atoms with Gasteiger partial charge in [0.05, 0.1) is 6.26 Å². The summed E-state index contributed by atoms with van der Waals surface area (Å²) >= 11 is 1.84. The summed E-state index contributed by atoms with van der Waals surface area (Å²) in [6.45, 7) is 5.93. The van der Waals surface area contributed by atoms with Crippen molar-refractivity contribution in [3.8, 4) is 0 Å². The molecule has 0 saturated carbocycles. The monoisotopic (exact) mass is 221 g/mol. The molecule has 0 aliphatic heterocycles. The van der Waals surface area contributed by atoms with Gasteiger partial charge in [0.15, 0.2) is 0 Å². The molecule has 2 nitrogen and oxygen atoms in total. The van der Waals surface area contributed by atoms with Crippen molar-refractivity contribution in [1.82, 2.24) is 5.32 Å². The summed E-state index contributed by atoms with van der Waals surface area (Å²) in [5.74, 6) is 1.00. The summed E-state index contributed by atoms with van der Waals surface area (Å²) in [4.78, 5) is 2.75. The quantitative estimate of drug-likeness (QED) is 0.857. The molecule has 0 unspecified atom stereocenters. The first-order valence-corrected chi connectivity index (χ1v) is 5.86. The van der Waals surface area contributed by atoms with Crippen molar-refractivity contribution < 1.29 is 4.42 Å². The van der Waals surface area contributed by atoms with E-state index in [0.717, 1.165) is 18.8 Å². The molecule has 2 heterocycles. The summed E-state index contributed by atoms with van der Waals surface area (Å²) in [6.07, 6.45) is 1.74. The van der Waals surface area contributed by atoms with Crippen LogP contribution in [0.2, 0.25) is 0 Å². The summed E-state index contributed by atoms with van der Waals surface area (Å²) < 4.78 is 5.23. The molecule has 0 saturated heterocycles. The lowest BCUT2D eigenvalue weighted by molar-refractivity contribution is 0.526. The largest absolute Gasteiger partial charge is 0.469 e. The fourth-order valence-electron chi connectivity index (χ4n) is 1.50. The van der Waals surface area contributed by atoms with Crippen LogP contribution >= 0.6 is 11.3 Å². The Morgan fingerprint density at radius 1 is 1.20 bits per heavy atom. The van der Waals surface area contributed by atoms with E-state index < -0.39 is 0 Å². The van der Waals surface area contributed by atoms with E-state index in [4.69, 9.17) is 4.42 Å². The van der Waals surface area contributed by atoms with E-state index in [-0.39, 0.29) is 0 Å². The maximum absolute atomic E-state index is 5.23. The lowest BCUT2D eigenvalue weighted by atomic mass is 10.2. The molecule has 2 aromatic rings. The average molecular weight is 221 g/mol. The molecule has 0 spiro atoms. The van der Waals surface area contributed by atoms with Gasteiger partial charge >= 0.3 is 0 Å². The van der Waals surface area contributed by atoms with E-state index in [2.05, 4.69) is 24.4 Å². The smallest absolute Gasteiger partial charge is 0.105 e. The summed E-state index contributed by atoms with van der Waals surface area (Å²) in [7, 11) is 0. The zero-order chi connectivity index (χ0) is 10.7. The third-order valence-electron chi connectivity index (χ3n) is 2.38. The summed E-state index contributed by atoms with van der Waals surface area (Å²) in [6, 6.07) is 6.35. The maximum atomic E-state index is 5.23. The SMILES string of the molecule is Cc1ccc(CNCc2ccoc2C)s1. The Balaban J connectivity index is 1.83. The second-order valence-corrected chi connectivity index (χ2v) is 4.99. The number of hydrogen-bond acceptors (Lipinski definition) is 3. The number of thiophene rings is 1. The molecule has 2 rings (SSSR count). The average Bonchev–Trinajstić information content (AvgIpc) is 2.77. The van der Waals surface area contributed by atoms with Crippen molar-refractivity contribution >= 4 is 11.3 Å². The predicted molar refractivity (Wildman–Crippen MR) is 63.0 cm³/mol. The van der Waals surface area contributed by atoms with Gasteiger partial charge < -0.3 is 9.73 Å². The molecule has 0 bridgehead atoms. The van der Waals surface area contributed by atoms with Crippen molar-refractivity contribution in [1.29, 1.82) is 0 Å². The van der Waals surface area contributed by atoms with Crippen LogP contribution < -0.4 is 5.32 Å². The highest BCUT2D eigenvalue weighted by atomic mass is 32.1. The number of furan rings is 1. The minimum atomic E-state index is 0.874. The second-order valence-electron chi connectivity index (χ2n) is 3.62. The Labute approximate surface area is 93.9 Å². The van der Waals surface area contributed by atoms with Crippen LogP contribution in [0, 0.1) is 13.8 Å². The summed E-state index contributed by atoms with van der Waals surface area (Å²) in [5.41, 5.74) is 1.24.